The molecule has 0 unspecified atom stereocenters. The summed E-state index contributed by atoms with van der Waals surface area (Å²) in [6.45, 7) is 6.28. The standard InChI is InChI=1S/C29H36Cl2N4O4/c1-21(36)33-17-11-24(12-18-33)29(37)34(26-7-8-27(30)28(31)20-26)14-2-13-32-15-9-23(10-16-32)19-22-3-5-25(6-4-22)35(38)39/h3-8,20,23-24H,2,9-19H2,1H3. The van der Waals surface area contributed by atoms with Crippen LogP contribution in [0.1, 0.15) is 44.6 Å². The molecule has 0 radical (unpaired) electrons. The number of likely N-dealkylation sites (tertiary alicyclic amines) is 2. The molecule has 0 bridgehead atoms. The number of carbonyl (C=O) groups excluding carboxylic acids is 2. The van der Waals surface area contributed by atoms with Crippen molar-refractivity contribution in [2.75, 3.05) is 44.2 Å². The summed E-state index contributed by atoms with van der Waals surface area (Å²) in [5, 5.41) is 11.8. The third-order valence-corrected chi connectivity index (χ3v) is 8.74. The number of amides is 2. The van der Waals surface area contributed by atoms with Gasteiger partial charge in [-0.2, -0.15) is 0 Å². The lowest BCUT2D eigenvalue weighted by Gasteiger charge is -2.35. The number of piperidine rings is 2. The van der Waals surface area contributed by atoms with Gasteiger partial charge in [-0.3, -0.25) is 19.7 Å². The first-order chi connectivity index (χ1) is 18.7. The van der Waals surface area contributed by atoms with Crippen molar-refractivity contribution in [3.63, 3.8) is 0 Å². The minimum atomic E-state index is -0.365. The van der Waals surface area contributed by atoms with Crippen LogP contribution >= 0.6 is 23.2 Å². The fourth-order valence-electron chi connectivity index (χ4n) is 5.63. The number of nitro benzene ring substituents is 1. The summed E-state index contributed by atoms with van der Waals surface area (Å²) in [7, 11) is 0. The minimum Gasteiger partial charge on any atom is -0.343 e. The van der Waals surface area contributed by atoms with Gasteiger partial charge in [-0.1, -0.05) is 35.3 Å². The Kier molecular flexibility index (Phi) is 10.2. The number of rotatable bonds is 9. The predicted octanol–water partition coefficient (Wildman–Crippen LogP) is 5.84. The van der Waals surface area contributed by atoms with Gasteiger partial charge in [0.1, 0.15) is 0 Å². The molecular weight excluding hydrogens is 539 g/mol. The van der Waals surface area contributed by atoms with Crippen LogP contribution in [-0.4, -0.2) is 65.8 Å². The lowest BCUT2D eigenvalue weighted by atomic mass is 9.90. The number of hydrogen-bond acceptors (Lipinski definition) is 5. The smallest absolute Gasteiger partial charge is 0.269 e. The van der Waals surface area contributed by atoms with Crippen LogP contribution in [0.3, 0.4) is 0 Å². The number of anilines is 1. The number of nitrogens with zero attached hydrogens (tertiary/aromatic N) is 4. The Bertz CT molecular complexity index is 1160. The molecule has 2 saturated heterocycles. The highest BCUT2D eigenvalue weighted by atomic mass is 35.5. The van der Waals surface area contributed by atoms with E-state index in [-0.39, 0.29) is 28.3 Å². The molecular formula is C29H36Cl2N4O4. The number of nitro groups is 1. The molecule has 0 saturated carbocycles. The summed E-state index contributed by atoms with van der Waals surface area (Å²) in [5.74, 6) is 0.584. The van der Waals surface area contributed by atoms with Crippen LogP contribution in [0.25, 0.3) is 0 Å². The number of carbonyl (C=O) groups is 2. The van der Waals surface area contributed by atoms with E-state index in [2.05, 4.69) is 4.90 Å². The number of hydrogen-bond donors (Lipinski definition) is 0. The molecule has 4 rings (SSSR count). The first kappa shape index (κ1) is 29.3. The Morgan fingerprint density at radius 1 is 0.974 bits per heavy atom. The fraction of sp³-hybridized carbons (Fsp3) is 0.517. The van der Waals surface area contributed by atoms with Crippen molar-refractivity contribution in [2.24, 2.45) is 11.8 Å². The lowest BCUT2D eigenvalue weighted by Crippen LogP contribution is -2.45. The van der Waals surface area contributed by atoms with Crippen LogP contribution in [0.2, 0.25) is 10.0 Å². The molecule has 10 heteroatoms. The SMILES string of the molecule is CC(=O)N1CCC(C(=O)N(CCCN2CCC(Cc3ccc([N+](=O)[O-])cc3)CC2)c2ccc(Cl)c(Cl)c2)CC1. The van der Waals surface area contributed by atoms with Crippen molar-refractivity contribution in [1.29, 1.82) is 0 Å². The average Bonchev–Trinajstić information content (AvgIpc) is 2.93. The second-order valence-corrected chi connectivity index (χ2v) is 11.4. The average molecular weight is 576 g/mol. The molecule has 0 aromatic heterocycles. The second-order valence-electron chi connectivity index (χ2n) is 10.6. The fourth-order valence-corrected chi connectivity index (χ4v) is 5.93. The molecule has 2 fully saturated rings. The molecule has 2 aromatic rings. The Morgan fingerprint density at radius 2 is 1.64 bits per heavy atom. The quantitative estimate of drug-likeness (QED) is 0.277. The van der Waals surface area contributed by atoms with Gasteiger partial charge in [0.2, 0.25) is 11.8 Å². The zero-order chi connectivity index (χ0) is 27.9. The van der Waals surface area contributed by atoms with E-state index in [0.29, 0.717) is 48.4 Å². The molecule has 2 aliphatic heterocycles. The van der Waals surface area contributed by atoms with Crippen LogP contribution in [-0.2, 0) is 16.0 Å². The summed E-state index contributed by atoms with van der Waals surface area (Å²) in [6.07, 6.45) is 5.28. The molecule has 0 N–H and O–H groups in total. The van der Waals surface area contributed by atoms with Gasteiger partial charge in [0, 0.05) is 50.3 Å². The molecule has 2 aromatic carbocycles. The molecule has 2 heterocycles. The highest BCUT2D eigenvalue weighted by Crippen LogP contribution is 2.30. The van der Waals surface area contributed by atoms with Gasteiger partial charge >= 0.3 is 0 Å². The van der Waals surface area contributed by atoms with E-state index < -0.39 is 0 Å². The molecule has 39 heavy (non-hydrogen) atoms. The summed E-state index contributed by atoms with van der Waals surface area (Å²) >= 11 is 12.4. The van der Waals surface area contributed by atoms with E-state index in [1.165, 1.54) is 0 Å². The molecule has 0 aliphatic carbocycles. The normalized spacial score (nSPS) is 17.3. The summed E-state index contributed by atoms with van der Waals surface area (Å²) in [4.78, 5) is 42.0. The van der Waals surface area contributed by atoms with Gasteiger partial charge in [-0.25, -0.2) is 0 Å². The molecule has 8 nitrogen and oxygen atoms in total. The zero-order valence-electron chi connectivity index (χ0n) is 22.4. The van der Waals surface area contributed by atoms with Crippen molar-refractivity contribution in [3.05, 3.63) is 68.2 Å². The van der Waals surface area contributed by atoms with Crippen LogP contribution in [0.15, 0.2) is 42.5 Å². The van der Waals surface area contributed by atoms with E-state index in [1.54, 1.807) is 36.1 Å². The zero-order valence-corrected chi connectivity index (χ0v) is 23.9. The van der Waals surface area contributed by atoms with Crippen molar-refractivity contribution < 1.29 is 14.5 Å². The first-order valence-electron chi connectivity index (χ1n) is 13.7. The molecule has 2 aliphatic rings. The topological polar surface area (TPSA) is 87.0 Å². The third-order valence-electron chi connectivity index (χ3n) is 8.01. The van der Waals surface area contributed by atoms with Crippen molar-refractivity contribution in [1.82, 2.24) is 9.80 Å². The van der Waals surface area contributed by atoms with Gasteiger partial charge < -0.3 is 14.7 Å². The van der Waals surface area contributed by atoms with Crippen molar-refractivity contribution in [2.45, 2.75) is 45.4 Å². The maximum Gasteiger partial charge on any atom is 0.269 e. The van der Waals surface area contributed by atoms with Crippen LogP contribution in [0, 0.1) is 22.0 Å². The summed E-state index contributed by atoms with van der Waals surface area (Å²) < 4.78 is 0. The van der Waals surface area contributed by atoms with E-state index >= 15 is 0 Å². The molecule has 0 spiro atoms. The van der Waals surface area contributed by atoms with E-state index in [9.17, 15) is 19.7 Å². The Hall–Kier alpha value is -2.68. The van der Waals surface area contributed by atoms with Gasteiger partial charge in [-0.05, 0) is 87.8 Å². The van der Waals surface area contributed by atoms with Gasteiger partial charge in [-0.15, -0.1) is 0 Å². The van der Waals surface area contributed by atoms with E-state index in [1.807, 2.05) is 23.1 Å². The highest BCUT2D eigenvalue weighted by molar-refractivity contribution is 6.42. The Morgan fingerprint density at radius 3 is 2.23 bits per heavy atom. The maximum atomic E-state index is 13.6. The second kappa shape index (κ2) is 13.6. The van der Waals surface area contributed by atoms with Gasteiger partial charge in [0.25, 0.3) is 5.69 Å². The summed E-state index contributed by atoms with van der Waals surface area (Å²) in [6, 6.07) is 12.2. The van der Waals surface area contributed by atoms with Crippen molar-refractivity contribution in [3.8, 4) is 0 Å². The number of non-ortho nitro benzene ring substituents is 1. The molecule has 2 amide bonds. The molecule has 0 atom stereocenters. The molecule has 210 valence electrons. The predicted molar refractivity (Wildman–Crippen MR) is 154 cm³/mol. The number of halogens is 2. The lowest BCUT2D eigenvalue weighted by molar-refractivity contribution is -0.384. The van der Waals surface area contributed by atoms with Gasteiger partial charge in [0.05, 0.1) is 15.0 Å². The summed E-state index contributed by atoms with van der Waals surface area (Å²) in [5.41, 5.74) is 2.03. The first-order valence-corrected chi connectivity index (χ1v) is 14.4. The highest BCUT2D eigenvalue weighted by Gasteiger charge is 2.30. The Balaban J connectivity index is 1.29. The van der Waals surface area contributed by atoms with Crippen LogP contribution in [0.5, 0.6) is 0 Å². The number of benzene rings is 2. The van der Waals surface area contributed by atoms with Crippen LogP contribution in [0.4, 0.5) is 11.4 Å². The van der Waals surface area contributed by atoms with E-state index in [0.717, 1.165) is 56.6 Å². The van der Waals surface area contributed by atoms with Crippen LogP contribution < -0.4 is 4.90 Å². The minimum absolute atomic E-state index is 0.0544. The third kappa shape index (κ3) is 7.93. The largest absolute Gasteiger partial charge is 0.343 e. The van der Waals surface area contributed by atoms with Gasteiger partial charge in [0.15, 0.2) is 0 Å². The van der Waals surface area contributed by atoms with Crippen molar-refractivity contribution >= 4 is 46.4 Å². The Labute approximate surface area is 240 Å². The monoisotopic (exact) mass is 574 g/mol. The maximum absolute atomic E-state index is 13.6. The van der Waals surface area contributed by atoms with E-state index in [4.69, 9.17) is 23.2 Å².